The molecule has 1 aromatic rings. The van der Waals surface area contributed by atoms with E-state index >= 15 is 0 Å². The van der Waals surface area contributed by atoms with Crippen LogP contribution in [0.5, 0.6) is 0 Å². The summed E-state index contributed by atoms with van der Waals surface area (Å²) in [5.41, 5.74) is 7.69. The van der Waals surface area contributed by atoms with Crippen molar-refractivity contribution >= 4 is 10.0 Å². The van der Waals surface area contributed by atoms with Crippen LogP contribution in [0.1, 0.15) is 30.0 Å². The van der Waals surface area contributed by atoms with Crippen molar-refractivity contribution in [2.24, 2.45) is 5.73 Å². The molecule has 0 bridgehead atoms. The molecule has 1 aliphatic rings. The van der Waals surface area contributed by atoms with Crippen LogP contribution in [0.25, 0.3) is 0 Å². The third-order valence-corrected chi connectivity index (χ3v) is 4.89. The number of hydrogen-bond donors (Lipinski definition) is 2. The fourth-order valence-corrected chi connectivity index (χ4v) is 3.82. The van der Waals surface area contributed by atoms with Crippen molar-refractivity contribution in [3.63, 3.8) is 0 Å². The summed E-state index contributed by atoms with van der Waals surface area (Å²) < 4.78 is 62.4. The van der Waals surface area contributed by atoms with Crippen LogP contribution in [-0.4, -0.2) is 26.4 Å². The van der Waals surface area contributed by atoms with E-state index in [4.69, 9.17) is 5.73 Å². The molecule has 21 heavy (non-hydrogen) atoms. The number of benzene rings is 1. The maximum atomic E-state index is 12.1. The van der Waals surface area contributed by atoms with Crippen molar-refractivity contribution in [1.29, 1.82) is 0 Å². The standard InChI is InChI=1S/C13H17F3N2O2S/c14-13(15,16)6-3-7-21(19,20)18-12-10-5-2-1-4-9(10)8-11(12)17/h1-2,4-5,11-12,18H,3,6-8,17H2. The molecule has 1 aliphatic carbocycles. The summed E-state index contributed by atoms with van der Waals surface area (Å²) >= 11 is 0. The Morgan fingerprint density at radius 2 is 1.95 bits per heavy atom. The van der Waals surface area contributed by atoms with Gasteiger partial charge in [0.25, 0.3) is 0 Å². The van der Waals surface area contributed by atoms with Gasteiger partial charge in [0.2, 0.25) is 10.0 Å². The summed E-state index contributed by atoms with van der Waals surface area (Å²) in [5.74, 6) is -0.558. The second-order valence-electron chi connectivity index (χ2n) is 5.20. The minimum atomic E-state index is -4.34. The third-order valence-electron chi connectivity index (χ3n) is 3.45. The van der Waals surface area contributed by atoms with Gasteiger partial charge in [0.1, 0.15) is 0 Å². The summed E-state index contributed by atoms with van der Waals surface area (Å²) in [6, 6.07) is 6.29. The van der Waals surface area contributed by atoms with E-state index in [9.17, 15) is 21.6 Å². The summed E-state index contributed by atoms with van der Waals surface area (Å²) in [4.78, 5) is 0. The Kier molecular flexibility index (Phi) is 4.60. The van der Waals surface area contributed by atoms with Crippen LogP contribution in [0.15, 0.2) is 24.3 Å². The monoisotopic (exact) mass is 322 g/mol. The van der Waals surface area contributed by atoms with Crippen molar-refractivity contribution in [3.05, 3.63) is 35.4 Å². The van der Waals surface area contributed by atoms with Crippen molar-refractivity contribution in [1.82, 2.24) is 4.72 Å². The normalized spacial score (nSPS) is 22.3. The largest absolute Gasteiger partial charge is 0.389 e. The van der Waals surface area contributed by atoms with Crippen LogP contribution in [0.4, 0.5) is 13.2 Å². The number of alkyl halides is 3. The van der Waals surface area contributed by atoms with E-state index in [2.05, 4.69) is 4.72 Å². The van der Waals surface area contributed by atoms with Crippen LogP contribution < -0.4 is 10.5 Å². The second kappa shape index (κ2) is 5.94. The zero-order valence-electron chi connectivity index (χ0n) is 11.2. The maximum Gasteiger partial charge on any atom is 0.389 e. The van der Waals surface area contributed by atoms with Gasteiger partial charge in [0.05, 0.1) is 11.8 Å². The van der Waals surface area contributed by atoms with Gasteiger partial charge in [-0.05, 0) is 24.0 Å². The summed E-state index contributed by atoms with van der Waals surface area (Å²) in [6.45, 7) is 0. The minimum Gasteiger partial charge on any atom is -0.326 e. The molecule has 0 radical (unpaired) electrons. The molecule has 0 saturated heterocycles. The molecular formula is C13H17F3N2O2S. The lowest BCUT2D eigenvalue weighted by Crippen LogP contribution is -2.39. The van der Waals surface area contributed by atoms with Crippen LogP contribution in [0.3, 0.4) is 0 Å². The molecule has 3 N–H and O–H groups in total. The fraction of sp³-hybridized carbons (Fsp3) is 0.538. The Hall–Kier alpha value is -1.12. The van der Waals surface area contributed by atoms with Gasteiger partial charge in [0.15, 0.2) is 0 Å². The molecule has 0 saturated carbocycles. The minimum absolute atomic E-state index is 0.403. The zero-order valence-corrected chi connectivity index (χ0v) is 12.0. The Bertz CT molecular complexity index is 602. The van der Waals surface area contributed by atoms with Crippen molar-refractivity contribution < 1.29 is 21.6 Å². The smallest absolute Gasteiger partial charge is 0.326 e. The number of nitrogens with two attached hydrogens (primary N) is 1. The van der Waals surface area contributed by atoms with Gasteiger partial charge in [-0.25, -0.2) is 13.1 Å². The number of hydrogen-bond acceptors (Lipinski definition) is 3. The first-order chi connectivity index (χ1) is 9.68. The highest BCUT2D eigenvalue weighted by Crippen LogP contribution is 2.31. The van der Waals surface area contributed by atoms with Crippen LogP contribution in [-0.2, 0) is 16.4 Å². The van der Waals surface area contributed by atoms with E-state index in [-0.39, 0.29) is 0 Å². The lowest BCUT2D eigenvalue weighted by atomic mass is 10.1. The number of sulfonamides is 1. The average Bonchev–Trinajstić information content (AvgIpc) is 2.64. The molecule has 0 aliphatic heterocycles. The molecule has 0 spiro atoms. The van der Waals surface area contributed by atoms with Crippen molar-refractivity contribution in [2.45, 2.75) is 37.5 Å². The SMILES string of the molecule is NC1Cc2ccccc2C1NS(=O)(=O)CCCC(F)(F)F. The highest BCUT2D eigenvalue weighted by Gasteiger charge is 2.33. The molecule has 2 unspecified atom stereocenters. The van der Waals surface area contributed by atoms with E-state index in [1.165, 1.54) is 0 Å². The van der Waals surface area contributed by atoms with Gasteiger partial charge in [-0.3, -0.25) is 0 Å². The van der Waals surface area contributed by atoms with Gasteiger partial charge in [0, 0.05) is 12.5 Å². The zero-order chi connectivity index (χ0) is 15.7. The molecule has 118 valence electrons. The molecule has 2 atom stereocenters. The van der Waals surface area contributed by atoms with Crippen LogP contribution >= 0.6 is 0 Å². The van der Waals surface area contributed by atoms with E-state index in [1.807, 2.05) is 12.1 Å². The summed E-state index contributed by atoms with van der Waals surface area (Å²) in [6.07, 6.45) is -5.36. The van der Waals surface area contributed by atoms with E-state index in [0.29, 0.717) is 6.42 Å². The summed E-state index contributed by atoms with van der Waals surface area (Å²) in [5, 5.41) is 0. The molecule has 0 fully saturated rings. The highest BCUT2D eigenvalue weighted by atomic mass is 32.2. The lowest BCUT2D eigenvalue weighted by Gasteiger charge is -2.18. The molecule has 0 amide bonds. The van der Waals surface area contributed by atoms with Gasteiger partial charge < -0.3 is 5.73 Å². The Morgan fingerprint density at radius 1 is 1.29 bits per heavy atom. The maximum absolute atomic E-state index is 12.1. The van der Waals surface area contributed by atoms with Crippen LogP contribution in [0.2, 0.25) is 0 Å². The van der Waals surface area contributed by atoms with Gasteiger partial charge >= 0.3 is 6.18 Å². The fourth-order valence-electron chi connectivity index (χ4n) is 2.49. The van der Waals surface area contributed by atoms with Gasteiger partial charge in [-0.15, -0.1) is 0 Å². The molecule has 2 rings (SSSR count). The van der Waals surface area contributed by atoms with E-state index in [1.54, 1.807) is 12.1 Å². The molecule has 0 heterocycles. The number of halogens is 3. The van der Waals surface area contributed by atoms with E-state index in [0.717, 1.165) is 11.1 Å². The average molecular weight is 322 g/mol. The lowest BCUT2D eigenvalue weighted by molar-refractivity contribution is -0.134. The first-order valence-electron chi connectivity index (χ1n) is 6.58. The van der Waals surface area contributed by atoms with Crippen LogP contribution in [0, 0.1) is 0 Å². The first kappa shape index (κ1) is 16.3. The molecule has 1 aromatic carbocycles. The van der Waals surface area contributed by atoms with Gasteiger partial charge in [-0.2, -0.15) is 13.2 Å². The Morgan fingerprint density at radius 3 is 2.62 bits per heavy atom. The topological polar surface area (TPSA) is 72.2 Å². The number of rotatable bonds is 5. The van der Waals surface area contributed by atoms with Crippen molar-refractivity contribution in [3.8, 4) is 0 Å². The molecule has 0 aromatic heterocycles. The molecule has 8 heteroatoms. The third kappa shape index (κ3) is 4.42. The van der Waals surface area contributed by atoms with E-state index < -0.39 is 46.9 Å². The first-order valence-corrected chi connectivity index (χ1v) is 8.23. The molecule has 4 nitrogen and oxygen atoms in total. The Labute approximate surface area is 121 Å². The molecular weight excluding hydrogens is 305 g/mol. The number of fused-ring (bicyclic) bond motifs is 1. The highest BCUT2D eigenvalue weighted by molar-refractivity contribution is 7.89. The summed E-state index contributed by atoms with van der Waals surface area (Å²) in [7, 11) is -3.79. The van der Waals surface area contributed by atoms with Gasteiger partial charge in [-0.1, -0.05) is 24.3 Å². The van der Waals surface area contributed by atoms with Crippen molar-refractivity contribution in [2.75, 3.05) is 5.75 Å². The number of nitrogens with one attached hydrogen (secondary N) is 1. The predicted molar refractivity (Wildman–Crippen MR) is 73.1 cm³/mol. The quantitative estimate of drug-likeness (QED) is 0.869. The predicted octanol–water partition coefficient (Wildman–Crippen LogP) is 1.87. The second-order valence-corrected chi connectivity index (χ2v) is 7.07. The Balaban J connectivity index is 2.00.